The number of rotatable bonds is 2. The van der Waals surface area contributed by atoms with E-state index in [0.29, 0.717) is 6.54 Å². The monoisotopic (exact) mass is 256 g/mol. The molecule has 98 valence electrons. The first kappa shape index (κ1) is 12.1. The average molecular weight is 256 g/mol. The zero-order valence-corrected chi connectivity index (χ0v) is 10.5. The summed E-state index contributed by atoms with van der Waals surface area (Å²) in [5, 5.41) is 17.9. The largest absolute Gasteiger partial charge is 0.480 e. The summed E-state index contributed by atoms with van der Waals surface area (Å²) in [5.74, 6) is -0.814. The van der Waals surface area contributed by atoms with Gasteiger partial charge in [0.05, 0.1) is 6.04 Å². The standard InChI is InChI=1S/C15H16N2O2/c18-15(19)14-13(16-7-8-17-14)12-6-5-10-3-1-2-4-11(10)9-12/h1-6,9,13-14,16-17H,7-8H2,(H,18,19). The normalized spacial score (nSPS) is 23.4. The molecule has 2 aromatic rings. The van der Waals surface area contributed by atoms with E-state index in [-0.39, 0.29) is 6.04 Å². The number of hydrogen-bond donors (Lipinski definition) is 3. The van der Waals surface area contributed by atoms with Crippen molar-refractivity contribution in [3.05, 3.63) is 48.0 Å². The molecule has 19 heavy (non-hydrogen) atoms. The van der Waals surface area contributed by atoms with E-state index in [9.17, 15) is 9.90 Å². The first-order chi connectivity index (χ1) is 9.25. The van der Waals surface area contributed by atoms with Crippen LogP contribution in [0.4, 0.5) is 0 Å². The summed E-state index contributed by atoms with van der Waals surface area (Å²) < 4.78 is 0. The van der Waals surface area contributed by atoms with Crippen LogP contribution in [0.1, 0.15) is 11.6 Å². The molecule has 1 heterocycles. The highest BCUT2D eigenvalue weighted by Gasteiger charge is 2.31. The van der Waals surface area contributed by atoms with E-state index in [1.807, 2.05) is 30.3 Å². The molecule has 2 unspecified atom stereocenters. The summed E-state index contributed by atoms with van der Waals surface area (Å²) in [5.41, 5.74) is 1.01. The lowest BCUT2D eigenvalue weighted by Crippen LogP contribution is -2.54. The van der Waals surface area contributed by atoms with Crippen LogP contribution in [0.2, 0.25) is 0 Å². The summed E-state index contributed by atoms with van der Waals surface area (Å²) in [4.78, 5) is 11.3. The van der Waals surface area contributed by atoms with Crippen molar-refractivity contribution in [1.29, 1.82) is 0 Å². The molecule has 0 bridgehead atoms. The van der Waals surface area contributed by atoms with E-state index >= 15 is 0 Å². The maximum Gasteiger partial charge on any atom is 0.322 e. The van der Waals surface area contributed by atoms with Gasteiger partial charge in [0.2, 0.25) is 0 Å². The van der Waals surface area contributed by atoms with Crippen LogP contribution in [0, 0.1) is 0 Å². The Bertz CT molecular complexity index is 612. The van der Waals surface area contributed by atoms with E-state index in [2.05, 4.69) is 22.8 Å². The predicted molar refractivity (Wildman–Crippen MR) is 74.1 cm³/mol. The molecule has 3 rings (SSSR count). The number of carboxylic acids is 1. The van der Waals surface area contributed by atoms with Gasteiger partial charge in [0.1, 0.15) is 6.04 Å². The Morgan fingerprint density at radius 3 is 2.58 bits per heavy atom. The van der Waals surface area contributed by atoms with Crippen LogP contribution < -0.4 is 10.6 Å². The maximum atomic E-state index is 11.3. The van der Waals surface area contributed by atoms with Crippen LogP contribution >= 0.6 is 0 Å². The third kappa shape index (κ3) is 2.32. The van der Waals surface area contributed by atoms with Gasteiger partial charge in [0, 0.05) is 13.1 Å². The van der Waals surface area contributed by atoms with Crippen LogP contribution in [0.5, 0.6) is 0 Å². The van der Waals surface area contributed by atoms with Gasteiger partial charge in [-0.2, -0.15) is 0 Å². The van der Waals surface area contributed by atoms with E-state index < -0.39 is 12.0 Å². The number of carbonyl (C=O) groups is 1. The van der Waals surface area contributed by atoms with Gasteiger partial charge in [0.25, 0.3) is 0 Å². The second-order valence-corrected chi connectivity index (χ2v) is 4.81. The highest BCUT2D eigenvalue weighted by molar-refractivity contribution is 5.83. The molecule has 2 aromatic carbocycles. The van der Waals surface area contributed by atoms with Crippen LogP contribution in [0.25, 0.3) is 10.8 Å². The van der Waals surface area contributed by atoms with Gasteiger partial charge in [-0.1, -0.05) is 36.4 Å². The number of nitrogens with one attached hydrogen (secondary N) is 2. The SMILES string of the molecule is O=C(O)C1NCCNC1c1ccc2ccccc2c1. The number of carboxylic acid groups (broad SMARTS) is 1. The Balaban J connectivity index is 1.99. The maximum absolute atomic E-state index is 11.3. The molecule has 4 nitrogen and oxygen atoms in total. The molecule has 2 atom stereocenters. The quantitative estimate of drug-likeness (QED) is 0.762. The molecule has 1 aliphatic rings. The Hall–Kier alpha value is -1.91. The summed E-state index contributed by atoms with van der Waals surface area (Å²) in [6, 6.07) is 13.4. The van der Waals surface area contributed by atoms with Gasteiger partial charge < -0.3 is 15.7 Å². The molecule has 1 saturated heterocycles. The zero-order valence-electron chi connectivity index (χ0n) is 10.5. The van der Waals surface area contributed by atoms with Gasteiger partial charge >= 0.3 is 5.97 Å². The topological polar surface area (TPSA) is 61.4 Å². The Kier molecular flexibility index (Phi) is 3.19. The highest BCUT2D eigenvalue weighted by Crippen LogP contribution is 2.23. The highest BCUT2D eigenvalue weighted by atomic mass is 16.4. The molecule has 0 radical (unpaired) electrons. The van der Waals surface area contributed by atoms with E-state index in [4.69, 9.17) is 0 Å². The summed E-state index contributed by atoms with van der Waals surface area (Å²) in [7, 11) is 0. The first-order valence-corrected chi connectivity index (χ1v) is 6.44. The lowest BCUT2D eigenvalue weighted by atomic mass is 9.95. The molecule has 1 fully saturated rings. The van der Waals surface area contributed by atoms with Crippen LogP contribution in [0.3, 0.4) is 0 Å². The average Bonchev–Trinajstić information content (AvgIpc) is 2.46. The smallest absolute Gasteiger partial charge is 0.322 e. The molecule has 0 spiro atoms. The minimum Gasteiger partial charge on any atom is -0.480 e. The van der Waals surface area contributed by atoms with Gasteiger partial charge in [0.15, 0.2) is 0 Å². The summed E-state index contributed by atoms with van der Waals surface area (Å²) >= 11 is 0. The van der Waals surface area contributed by atoms with Crippen LogP contribution in [0.15, 0.2) is 42.5 Å². The van der Waals surface area contributed by atoms with E-state index in [1.54, 1.807) is 0 Å². The molecule has 0 amide bonds. The van der Waals surface area contributed by atoms with Gasteiger partial charge in [-0.25, -0.2) is 0 Å². The molecule has 1 aliphatic heterocycles. The number of fused-ring (bicyclic) bond motifs is 1. The fourth-order valence-corrected chi connectivity index (χ4v) is 2.63. The van der Waals surface area contributed by atoms with Crippen molar-refractivity contribution in [2.45, 2.75) is 12.1 Å². The van der Waals surface area contributed by atoms with E-state index in [1.165, 1.54) is 5.39 Å². The number of aliphatic carboxylic acids is 1. The lowest BCUT2D eigenvalue weighted by Gasteiger charge is -2.31. The van der Waals surface area contributed by atoms with Crippen molar-refractivity contribution in [3.8, 4) is 0 Å². The second kappa shape index (κ2) is 4.99. The van der Waals surface area contributed by atoms with Crippen molar-refractivity contribution in [3.63, 3.8) is 0 Å². The Morgan fingerprint density at radius 2 is 1.79 bits per heavy atom. The molecular formula is C15H16N2O2. The van der Waals surface area contributed by atoms with Crippen molar-refractivity contribution < 1.29 is 9.90 Å². The number of benzene rings is 2. The minimum absolute atomic E-state index is 0.184. The van der Waals surface area contributed by atoms with Crippen LogP contribution in [-0.2, 0) is 4.79 Å². The van der Waals surface area contributed by atoms with Crippen molar-refractivity contribution in [2.75, 3.05) is 13.1 Å². The van der Waals surface area contributed by atoms with Crippen molar-refractivity contribution >= 4 is 16.7 Å². The number of piperazine rings is 1. The molecule has 0 aliphatic carbocycles. The molecular weight excluding hydrogens is 240 g/mol. The molecule has 0 saturated carbocycles. The second-order valence-electron chi connectivity index (χ2n) is 4.81. The molecule has 4 heteroatoms. The Morgan fingerprint density at radius 1 is 1.05 bits per heavy atom. The fraction of sp³-hybridized carbons (Fsp3) is 0.267. The fourth-order valence-electron chi connectivity index (χ4n) is 2.63. The third-order valence-electron chi connectivity index (χ3n) is 3.59. The molecule has 0 aromatic heterocycles. The lowest BCUT2D eigenvalue weighted by molar-refractivity contribution is -0.140. The van der Waals surface area contributed by atoms with Crippen molar-refractivity contribution in [1.82, 2.24) is 10.6 Å². The number of hydrogen-bond acceptors (Lipinski definition) is 3. The summed E-state index contributed by atoms with van der Waals surface area (Å²) in [6.07, 6.45) is 0. The molecule has 3 N–H and O–H groups in total. The minimum atomic E-state index is -0.814. The Labute approximate surface area is 111 Å². The predicted octanol–water partition coefficient (Wildman–Crippen LogP) is 1.53. The van der Waals surface area contributed by atoms with Gasteiger partial charge in [-0.3, -0.25) is 4.79 Å². The van der Waals surface area contributed by atoms with Crippen molar-refractivity contribution in [2.24, 2.45) is 0 Å². The van der Waals surface area contributed by atoms with Crippen LogP contribution in [-0.4, -0.2) is 30.2 Å². The third-order valence-corrected chi connectivity index (χ3v) is 3.59. The first-order valence-electron chi connectivity index (χ1n) is 6.44. The zero-order chi connectivity index (χ0) is 13.2. The summed E-state index contributed by atoms with van der Waals surface area (Å²) in [6.45, 7) is 1.46. The van der Waals surface area contributed by atoms with E-state index in [0.717, 1.165) is 17.5 Å². The van der Waals surface area contributed by atoms with Gasteiger partial charge in [-0.15, -0.1) is 0 Å². The van der Waals surface area contributed by atoms with Gasteiger partial charge in [-0.05, 0) is 22.4 Å².